The van der Waals surface area contributed by atoms with Gasteiger partial charge in [-0.15, -0.1) is 5.10 Å². The molecule has 3 aromatic carbocycles. The molecule has 0 bridgehead atoms. The first kappa shape index (κ1) is 20.1. The Kier molecular flexibility index (Phi) is 5.02. The number of nitrogens with zero attached hydrogens (tertiary/aromatic N) is 4. The molecule has 2 heterocycles. The smallest absolute Gasteiger partial charge is 0.278 e. The molecule has 1 amide bonds. The lowest BCUT2D eigenvalue weighted by Gasteiger charge is -2.05. The van der Waals surface area contributed by atoms with E-state index in [-0.39, 0.29) is 11.5 Å². The first-order chi connectivity index (χ1) is 15.5. The number of rotatable bonds is 4. The summed E-state index contributed by atoms with van der Waals surface area (Å²) in [6, 6.07) is 18.8. The lowest BCUT2D eigenvalue weighted by molar-refractivity contribution is 0.102. The summed E-state index contributed by atoms with van der Waals surface area (Å²) >= 11 is 3.43. The molecule has 0 fully saturated rings. The normalized spacial score (nSPS) is 11.1. The third kappa shape index (κ3) is 3.67. The summed E-state index contributed by atoms with van der Waals surface area (Å²) in [5.74, 6) is -0.167. The topological polar surface area (TPSA) is 85.8 Å². The highest BCUT2D eigenvalue weighted by atomic mass is 79.9. The van der Waals surface area contributed by atoms with Crippen LogP contribution in [-0.4, -0.2) is 26.1 Å². The number of amides is 1. The molecular weight excluding hydrogens is 477 g/mol. The van der Waals surface area contributed by atoms with Crippen LogP contribution in [0.5, 0.6) is 0 Å². The van der Waals surface area contributed by atoms with E-state index in [1.165, 1.54) is 24.3 Å². The second kappa shape index (κ2) is 8.01. The maximum Gasteiger partial charge on any atom is 0.278 e. The van der Waals surface area contributed by atoms with Crippen molar-refractivity contribution in [3.63, 3.8) is 0 Å². The van der Waals surface area contributed by atoms with Gasteiger partial charge in [0.25, 0.3) is 5.91 Å². The zero-order valence-electron chi connectivity index (χ0n) is 16.7. The van der Waals surface area contributed by atoms with E-state index in [0.29, 0.717) is 28.3 Å². The van der Waals surface area contributed by atoms with Crippen molar-refractivity contribution in [1.29, 1.82) is 0 Å². The minimum absolute atomic E-state index is 0.174. The minimum atomic E-state index is -0.429. The number of carbonyl (C=O) groups excluding carboxylic acids is 1. The van der Waals surface area contributed by atoms with E-state index in [0.717, 1.165) is 15.4 Å². The standard InChI is InChI=1S/C23H15BrFN5O2/c1-13-21(23(31)26-17-8-6-16(25)7-9-17)27-29-30(13)18-10-11-20-19(12-18)22(32-28-20)14-2-4-15(24)5-3-14/h2-12H,1H3,(H,26,31). The first-order valence-electron chi connectivity index (χ1n) is 9.64. The highest BCUT2D eigenvalue weighted by Crippen LogP contribution is 2.31. The van der Waals surface area contributed by atoms with Crippen LogP contribution in [0.1, 0.15) is 16.2 Å². The van der Waals surface area contributed by atoms with Crippen molar-refractivity contribution in [3.8, 4) is 17.0 Å². The number of fused-ring (bicyclic) bond motifs is 1. The molecule has 1 N–H and O–H groups in total. The van der Waals surface area contributed by atoms with Crippen LogP contribution in [0.15, 0.2) is 75.7 Å². The Morgan fingerprint density at radius 3 is 2.56 bits per heavy atom. The second-order valence-electron chi connectivity index (χ2n) is 7.12. The zero-order valence-corrected chi connectivity index (χ0v) is 18.3. The van der Waals surface area contributed by atoms with Crippen LogP contribution in [0.3, 0.4) is 0 Å². The first-order valence-corrected chi connectivity index (χ1v) is 10.4. The van der Waals surface area contributed by atoms with Crippen LogP contribution >= 0.6 is 15.9 Å². The van der Waals surface area contributed by atoms with Crippen molar-refractivity contribution >= 4 is 38.4 Å². The number of benzene rings is 3. The number of hydrogen-bond donors (Lipinski definition) is 1. The average Bonchev–Trinajstić information content (AvgIpc) is 3.39. The summed E-state index contributed by atoms with van der Waals surface area (Å²) in [6.45, 7) is 1.76. The molecule has 158 valence electrons. The summed E-state index contributed by atoms with van der Waals surface area (Å²) in [5.41, 5.74) is 3.51. The third-order valence-corrected chi connectivity index (χ3v) is 5.55. The van der Waals surface area contributed by atoms with Crippen LogP contribution in [0, 0.1) is 12.7 Å². The minimum Gasteiger partial charge on any atom is -0.355 e. The van der Waals surface area contributed by atoms with Crippen LogP contribution in [0.2, 0.25) is 0 Å². The lowest BCUT2D eigenvalue weighted by Crippen LogP contribution is -2.14. The molecular formula is C23H15BrFN5O2. The van der Waals surface area contributed by atoms with Gasteiger partial charge in [-0.1, -0.05) is 26.3 Å². The fraction of sp³-hybridized carbons (Fsp3) is 0.0435. The van der Waals surface area contributed by atoms with Crippen molar-refractivity contribution in [2.75, 3.05) is 5.32 Å². The second-order valence-corrected chi connectivity index (χ2v) is 8.03. The van der Waals surface area contributed by atoms with E-state index in [9.17, 15) is 9.18 Å². The Bertz CT molecular complexity index is 1440. The lowest BCUT2D eigenvalue weighted by atomic mass is 10.1. The monoisotopic (exact) mass is 491 g/mol. The maximum atomic E-state index is 13.1. The molecule has 0 unspecified atom stereocenters. The summed E-state index contributed by atoms with van der Waals surface area (Å²) in [6.07, 6.45) is 0. The Hall–Kier alpha value is -3.85. The quantitative estimate of drug-likeness (QED) is 0.356. The van der Waals surface area contributed by atoms with Gasteiger partial charge in [0.05, 0.1) is 16.8 Å². The van der Waals surface area contributed by atoms with Gasteiger partial charge < -0.3 is 9.84 Å². The Balaban J connectivity index is 1.48. The molecule has 0 spiro atoms. The van der Waals surface area contributed by atoms with Crippen molar-refractivity contribution in [2.45, 2.75) is 6.92 Å². The van der Waals surface area contributed by atoms with E-state index in [4.69, 9.17) is 4.52 Å². The van der Waals surface area contributed by atoms with Gasteiger partial charge in [-0.05, 0) is 73.7 Å². The van der Waals surface area contributed by atoms with E-state index in [1.807, 2.05) is 42.5 Å². The molecule has 5 rings (SSSR count). The number of anilines is 1. The molecule has 0 saturated heterocycles. The fourth-order valence-electron chi connectivity index (χ4n) is 3.38. The van der Waals surface area contributed by atoms with E-state index >= 15 is 0 Å². The zero-order chi connectivity index (χ0) is 22.2. The Labute approximate surface area is 190 Å². The van der Waals surface area contributed by atoms with Crippen molar-refractivity contribution in [3.05, 3.63) is 88.4 Å². The molecule has 32 heavy (non-hydrogen) atoms. The molecule has 5 aromatic rings. The Morgan fingerprint density at radius 1 is 1.06 bits per heavy atom. The van der Waals surface area contributed by atoms with Crippen LogP contribution in [0.25, 0.3) is 27.9 Å². The summed E-state index contributed by atoms with van der Waals surface area (Å²) in [7, 11) is 0. The van der Waals surface area contributed by atoms with Crippen molar-refractivity contribution in [1.82, 2.24) is 20.2 Å². The van der Waals surface area contributed by atoms with Crippen LogP contribution in [0.4, 0.5) is 10.1 Å². The summed E-state index contributed by atoms with van der Waals surface area (Å²) < 4.78 is 21.2. The predicted octanol–water partition coefficient (Wildman–Crippen LogP) is 5.54. The van der Waals surface area contributed by atoms with Gasteiger partial charge in [0, 0.05) is 15.7 Å². The van der Waals surface area contributed by atoms with Crippen LogP contribution in [-0.2, 0) is 0 Å². The van der Waals surface area contributed by atoms with E-state index in [2.05, 4.69) is 36.7 Å². The van der Waals surface area contributed by atoms with Crippen molar-refractivity contribution < 1.29 is 13.7 Å². The largest absolute Gasteiger partial charge is 0.355 e. The van der Waals surface area contributed by atoms with Crippen LogP contribution < -0.4 is 5.32 Å². The maximum absolute atomic E-state index is 13.1. The van der Waals surface area contributed by atoms with E-state index < -0.39 is 5.91 Å². The SMILES string of the molecule is Cc1c(C(=O)Nc2ccc(F)cc2)nnn1-c1ccc2noc(-c3ccc(Br)cc3)c2c1. The number of aromatic nitrogens is 4. The number of carbonyl (C=O) groups is 1. The predicted molar refractivity (Wildman–Crippen MR) is 121 cm³/mol. The van der Waals surface area contributed by atoms with Gasteiger partial charge in [0.15, 0.2) is 11.5 Å². The molecule has 0 aliphatic carbocycles. The van der Waals surface area contributed by atoms with Gasteiger partial charge >= 0.3 is 0 Å². The molecule has 0 aliphatic rings. The highest BCUT2D eigenvalue weighted by Gasteiger charge is 2.19. The molecule has 0 aliphatic heterocycles. The van der Waals surface area contributed by atoms with Gasteiger partial charge in [0.1, 0.15) is 11.3 Å². The van der Waals surface area contributed by atoms with Gasteiger partial charge in [0.2, 0.25) is 0 Å². The van der Waals surface area contributed by atoms with Gasteiger partial charge in [-0.25, -0.2) is 9.07 Å². The Morgan fingerprint density at radius 2 is 1.81 bits per heavy atom. The van der Waals surface area contributed by atoms with Gasteiger partial charge in [-0.2, -0.15) is 0 Å². The van der Waals surface area contributed by atoms with Crippen molar-refractivity contribution in [2.24, 2.45) is 0 Å². The average molecular weight is 492 g/mol. The summed E-state index contributed by atoms with van der Waals surface area (Å²) in [5, 5.41) is 15.9. The molecule has 9 heteroatoms. The fourth-order valence-corrected chi connectivity index (χ4v) is 3.64. The molecule has 0 radical (unpaired) electrons. The van der Waals surface area contributed by atoms with Gasteiger partial charge in [-0.3, -0.25) is 4.79 Å². The molecule has 0 atom stereocenters. The number of halogens is 2. The molecule has 0 saturated carbocycles. The number of nitrogens with one attached hydrogen (secondary N) is 1. The highest BCUT2D eigenvalue weighted by molar-refractivity contribution is 9.10. The third-order valence-electron chi connectivity index (χ3n) is 5.02. The summed E-state index contributed by atoms with van der Waals surface area (Å²) in [4.78, 5) is 12.7. The molecule has 2 aromatic heterocycles. The number of hydrogen-bond acceptors (Lipinski definition) is 5. The van der Waals surface area contributed by atoms with E-state index in [1.54, 1.807) is 11.6 Å². The molecule has 7 nitrogen and oxygen atoms in total.